The Kier molecular flexibility index (Phi) is 6.69. The molecule has 0 amide bonds. The minimum Gasteiger partial charge on any atom is -0.347 e. The van der Waals surface area contributed by atoms with Crippen molar-refractivity contribution in [3.05, 3.63) is 0 Å². The minimum absolute atomic E-state index is 0.0326. The van der Waals surface area contributed by atoms with Crippen LogP contribution in [0.25, 0.3) is 0 Å². The second-order valence-corrected chi connectivity index (χ2v) is 12.6. The first-order valence-corrected chi connectivity index (χ1v) is 9.63. The molecule has 2 nitrogen and oxygen atoms in total. The van der Waals surface area contributed by atoms with Crippen molar-refractivity contribution in [2.24, 2.45) is 5.41 Å². The van der Waals surface area contributed by atoms with Gasteiger partial charge < -0.3 is 9.47 Å². The monoisotopic (exact) mass is 512 g/mol. The van der Waals surface area contributed by atoms with E-state index in [1.54, 1.807) is 0 Å². The van der Waals surface area contributed by atoms with Crippen LogP contribution in [0.4, 0.5) is 0 Å². The summed E-state index contributed by atoms with van der Waals surface area (Å²) in [4.78, 5) is 0. The van der Waals surface area contributed by atoms with Crippen molar-refractivity contribution in [2.45, 2.75) is 66.0 Å². The molecule has 108 valence electrons. The van der Waals surface area contributed by atoms with Crippen LogP contribution in [0.3, 0.4) is 0 Å². The third kappa shape index (κ3) is 4.99. The molecule has 1 aliphatic rings. The van der Waals surface area contributed by atoms with Gasteiger partial charge in [0.15, 0.2) is 5.79 Å². The lowest BCUT2D eigenvalue weighted by Gasteiger charge is -2.51. The lowest BCUT2D eigenvalue weighted by molar-refractivity contribution is -0.342. The largest absolute Gasteiger partial charge is 0.347 e. The van der Waals surface area contributed by atoms with E-state index in [0.717, 1.165) is 12.8 Å². The smallest absolute Gasteiger partial charge is 0.163 e. The van der Waals surface area contributed by atoms with Crippen LogP contribution in [0.1, 0.15) is 40.5 Å². The molecule has 1 fully saturated rings. The van der Waals surface area contributed by atoms with Crippen molar-refractivity contribution in [2.75, 3.05) is 0 Å². The molecule has 1 heterocycles. The third-order valence-electron chi connectivity index (χ3n) is 3.30. The van der Waals surface area contributed by atoms with Crippen molar-refractivity contribution >= 4 is 63.7 Å². The molecule has 6 heteroatoms. The van der Waals surface area contributed by atoms with E-state index in [1.165, 1.54) is 0 Å². The van der Waals surface area contributed by atoms with Crippen molar-refractivity contribution < 1.29 is 9.47 Å². The molecule has 0 aliphatic carbocycles. The molecule has 0 radical (unpaired) electrons. The Hall–Kier alpha value is 1.84. The molecule has 1 saturated heterocycles. The highest BCUT2D eigenvalue weighted by Crippen LogP contribution is 2.45. The van der Waals surface area contributed by atoms with E-state index in [1.807, 2.05) is 13.8 Å². The van der Waals surface area contributed by atoms with E-state index in [4.69, 9.17) is 9.47 Å². The number of ether oxygens (including phenoxy) is 2. The number of halogens is 4. The van der Waals surface area contributed by atoms with Crippen molar-refractivity contribution in [3.8, 4) is 0 Å². The predicted molar refractivity (Wildman–Crippen MR) is 90.1 cm³/mol. The zero-order valence-corrected chi connectivity index (χ0v) is 17.4. The fraction of sp³-hybridized carbons (Fsp3) is 1.00. The summed E-state index contributed by atoms with van der Waals surface area (Å²) >= 11 is 14.2. The quantitative estimate of drug-likeness (QED) is 0.457. The van der Waals surface area contributed by atoms with Gasteiger partial charge in [-0.2, -0.15) is 0 Å². The van der Waals surface area contributed by atoms with Crippen molar-refractivity contribution in [1.29, 1.82) is 0 Å². The van der Waals surface area contributed by atoms with Gasteiger partial charge in [0.25, 0.3) is 0 Å². The lowest BCUT2D eigenvalue weighted by atomic mass is 9.77. The summed E-state index contributed by atoms with van der Waals surface area (Å²) < 4.78 is 12.7. The zero-order valence-electron chi connectivity index (χ0n) is 11.1. The van der Waals surface area contributed by atoms with E-state index >= 15 is 0 Å². The minimum atomic E-state index is -0.533. The Balaban J connectivity index is 2.89. The molecule has 0 aromatic rings. The SMILES string of the molecule is CC1(C)O[C@@H](CC(Br)Br)C(C)(C)[C@@H](CC(Br)Br)O1. The number of hydrogen-bond donors (Lipinski definition) is 0. The molecule has 0 saturated carbocycles. The lowest BCUT2D eigenvalue weighted by Crippen LogP contribution is -2.56. The van der Waals surface area contributed by atoms with Crippen LogP contribution in [-0.4, -0.2) is 25.5 Å². The normalized spacial score (nSPS) is 31.0. The Bertz CT molecular complexity index is 255. The van der Waals surface area contributed by atoms with E-state index in [-0.39, 0.29) is 25.1 Å². The van der Waals surface area contributed by atoms with Crippen LogP contribution in [0.5, 0.6) is 0 Å². The summed E-state index contributed by atoms with van der Waals surface area (Å²) in [6.07, 6.45) is 2.11. The van der Waals surface area contributed by atoms with E-state index < -0.39 is 5.79 Å². The van der Waals surface area contributed by atoms with E-state index in [2.05, 4.69) is 77.6 Å². The maximum absolute atomic E-state index is 6.10. The van der Waals surface area contributed by atoms with Gasteiger partial charge in [0.05, 0.1) is 19.7 Å². The van der Waals surface area contributed by atoms with Crippen LogP contribution >= 0.6 is 63.7 Å². The Labute approximate surface area is 143 Å². The second kappa shape index (κ2) is 6.73. The van der Waals surface area contributed by atoms with Crippen LogP contribution in [-0.2, 0) is 9.47 Å². The van der Waals surface area contributed by atoms with Gasteiger partial charge in [-0.15, -0.1) is 0 Å². The molecule has 2 atom stereocenters. The Morgan fingerprint density at radius 1 is 0.833 bits per heavy atom. The average Bonchev–Trinajstić information content (AvgIpc) is 2.11. The average molecular weight is 516 g/mol. The molecule has 0 aromatic carbocycles. The topological polar surface area (TPSA) is 18.5 Å². The number of hydrogen-bond acceptors (Lipinski definition) is 2. The molecule has 18 heavy (non-hydrogen) atoms. The fourth-order valence-corrected chi connectivity index (χ4v) is 3.61. The summed E-state index contributed by atoms with van der Waals surface area (Å²) in [6, 6.07) is 0. The molecular weight excluding hydrogens is 496 g/mol. The maximum atomic E-state index is 6.10. The predicted octanol–water partition coefficient (Wildman–Crippen LogP) is 5.54. The highest BCUT2D eigenvalue weighted by Gasteiger charge is 2.49. The fourth-order valence-electron chi connectivity index (χ4n) is 2.25. The van der Waals surface area contributed by atoms with E-state index in [0.29, 0.717) is 0 Å². The van der Waals surface area contributed by atoms with Gasteiger partial charge >= 0.3 is 0 Å². The molecular formula is C12H20Br4O2. The third-order valence-corrected chi connectivity index (χ3v) is 4.79. The van der Waals surface area contributed by atoms with Gasteiger partial charge in [0, 0.05) is 5.41 Å². The molecule has 0 spiro atoms. The molecule has 0 bridgehead atoms. The van der Waals surface area contributed by atoms with Gasteiger partial charge in [0.1, 0.15) is 0 Å². The number of alkyl halides is 4. The van der Waals surface area contributed by atoms with Crippen LogP contribution in [0.15, 0.2) is 0 Å². The molecule has 0 N–H and O–H groups in total. The first-order chi connectivity index (χ1) is 8.04. The Morgan fingerprint density at radius 3 is 1.44 bits per heavy atom. The van der Waals surface area contributed by atoms with Gasteiger partial charge in [-0.1, -0.05) is 77.6 Å². The summed E-state index contributed by atoms with van der Waals surface area (Å²) in [5, 5.41) is 0. The Morgan fingerprint density at radius 2 is 1.17 bits per heavy atom. The summed E-state index contributed by atoms with van der Waals surface area (Å²) in [5.74, 6) is -0.533. The zero-order chi connectivity index (χ0) is 14.1. The first kappa shape index (κ1) is 17.9. The van der Waals surface area contributed by atoms with Gasteiger partial charge in [-0.3, -0.25) is 0 Å². The number of rotatable bonds is 4. The summed E-state index contributed by atoms with van der Waals surface area (Å²) in [5.41, 5.74) is -0.0326. The van der Waals surface area contributed by atoms with Crippen molar-refractivity contribution in [3.63, 3.8) is 0 Å². The standard InChI is InChI=1S/C12H20Br4O2/c1-11(2)7(5-9(13)14)17-12(3,4)18-8(11)6-10(15)16/h7-10H,5-6H2,1-4H3/t7-,8+. The second-order valence-electron chi connectivity index (χ2n) is 5.69. The summed E-state index contributed by atoms with van der Waals surface area (Å²) in [6.45, 7) is 8.39. The van der Waals surface area contributed by atoms with E-state index in [9.17, 15) is 0 Å². The van der Waals surface area contributed by atoms with Gasteiger partial charge in [0.2, 0.25) is 0 Å². The molecule has 1 aliphatic heterocycles. The van der Waals surface area contributed by atoms with Gasteiger partial charge in [-0.25, -0.2) is 0 Å². The van der Waals surface area contributed by atoms with Crippen LogP contribution in [0, 0.1) is 5.41 Å². The van der Waals surface area contributed by atoms with Crippen LogP contribution < -0.4 is 0 Å². The molecule has 0 unspecified atom stereocenters. The maximum Gasteiger partial charge on any atom is 0.163 e. The highest BCUT2D eigenvalue weighted by atomic mass is 79.9. The molecule has 0 aromatic heterocycles. The van der Waals surface area contributed by atoms with Crippen LogP contribution in [0.2, 0.25) is 0 Å². The highest BCUT2D eigenvalue weighted by molar-refractivity contribution is 9.25. The van der Waals surface area contributed by atoms with Crippen molar-refractivity contribution in [1.82, 2.24) is 0 Å². The van der Waals surface area contributed by atoms with Gasteiger partial charge in [-0.05, 0) is 26.7 Å². The first-order valence-electron chi connectivity index (χ1n) is 5.96. The molecule has 1 rings (SSSR count). The summed E-state index contributed by atoms with van der Waals surface area (Å²) in [7, 11) is 0.